The van der Waals surface area contributed by atoms with Crippen molar-refractivity contribution in [2.75, 3.05) is 12.4 Å². The second-order valence-electron chi connectivity index (χ2n) is 8.28. The Bertz CT molecular complexity index is 1140. The van der Waals surface area contributed by atoms with Gasteiger partial charge in [-0.2, -0.15) is 26.3 Å². The molecule has 2 N–H and O–H groups in total. The molecule has 2 aromatic carbocycles. The van der Waals surface area contributed by atoms with Crippen LogP contribution in [0.2, 0.25) is 0 Å². The zero-order valence-electron chi connectivity index (χ0n) is 19.4. The first kappa shape index (κ1) is 28.6. The summed E-state index contributed by atoms with van der Waals surface area (Å²) in [4.78, 5) is 30.2. The van der Waals surface area contributed by atoms with Gasteiger partial charge in [0.2, 0.25) is 0 Å². The van der Waals surface area contributed by atoms with E-state index in [9.17, 15) is 40.3 Å². The maximum absolute atomic E-state index is 14.3. The second-order valence-corrected chi connectivity index (χ2v) is 8.28. The summed E-state index contributed by atoms with van der Waals surface area (Å²) in [5.74, 6) is -1.55. The van der Waals surface area contributed by atoms with E-state index < -0.39 is 40.9 Å². The summed E-state index contributed by atoms with van der Waals surface area (Å²) in [6.07, 6.45) is -11.2. The van der Waals surface area contributed by atoms with Gasteiger partial charge in [-0.15, -0.1) is 0 Å². The lowest BCUT2D eigenvalue weighted by Gasteiger charge is -2.30. The number of nitrogens with one attached hydrogen (secondary N) is 2. The van der Waals surface area contributed by atoms with Crippen LogP contribution in [0.5, 0.6) is 0 Å². The molecule has 0 saturated heterocycles. The molecule has 0 spiro atoms. The van der Waals surface area contributed by atoms with Gasteiger partial charge in [-0.25, -0.2) is 4.39 Å². The number of benzene rings is 2. The average Bonchev–Trinajstić information content (AvgIpc) is 2.76. The molecular weight excluding hydrogens is 499 g/mol. The van der Waals surface area contributed by atoms with Crippen LogP contribution in [-0.2, 0) is 10.5 Å². The van der Waals surface area contributed by atoms with Crippen LogP contribution >= 0.6 is 0 Å². The van der Waals surface area contributed by atoms with E-state index in [1.807, 2.05) is 0 Å². The number of hydrogen-bond acceptors (Lipinski definition) is 4. The van der Waals surface area contributed by atoms with E-state index in [4.69, 9.17) is 0 Å². The summed E-state index contributed by atoms with van der Waals surface area (Å²) in [5.41, 5.74) is -8.91. The Morgan fingerprint density at radius 2 is 1.42 bits per heavy atom. The molecule has 0 atom stereocenters. The number of rotatable bonds is 7. The highest BCUT2D eigenvalue weighted by atomic mass is 19.4. The summed E-state index contributed by atoms with van der Waals surface area (Å²) < 4.78 is 92.6. The number of carbonyl (C=O) groups excluding carboxylic acids is 2. The molecule has 36 heavy (non-hydrogen) atoms. The van der Waals surface area contributed by atoms with Gasteiger partial charge in [-0.3, -0.25) is 9.59 Å². The minimum atomic E-state index is -6.27. The zero-order valence-corrected chi connectivity index (χ0v) is 19.4. The van der Waals surface area contributed by atoms with Gasteiger partial charge in [-0.05, 0) is 44.5 Å². The Morgan fingerprint density at radius 1 is 0.889 bits per heavy atom. The third-order valence-corrected chi connectivity index (χ3v) is 4.99. The highest BCUT2D eigenvalue weighted by Crippen LogP contribution is 2.53. The Morgan fingerprint density at radius 3 is 1.89 bits per heavy atom. The molecule has 0 aliphatic carbocycles. The van der Waals surface area contributed by atoms with Gasteiger partial charge < -0.3 is 15.5 Å². The minimum absolute atomic E-state index is 0.0694. The molecule has 0 bridgehead atoms. The van der Waals surface area contributed by atoms with Crippen molar-refractivity contribution in [1.82, 2.24) is 5.32 Å². The normalized spacial score (nSPS) is 13.0. The maximum Gasteiger partial charge on any atom is 0.435 e. The lowest BCUT2D eigenvalue weighted by molar-refractivity contribution is -0.348. The first-order valence-corrected chi connectivity index (χ1v) is 10.2. The predicted octanol–water partition coefficient (Wildman–Crippen LogP) is 5.68. The number of aryl methyl sites for hydroxylation is 1. The summed E-state index contributed by atoms with van der Waals surface area (Å²) in [7, 11) is 1.31. The molecule has 6 nitrogen and oxygen atoms in total. The first-order chi connectivity index (χ1) is 16.4. The molecule has 196 valence electrons. The first-order valence-electron chi connectivity index (χ1n) is 10.2. The topological polar surface area (TPSA) is 79.8 Å². The van der Waals surface area contributed by atoms with Crippen molar-refractivity contribution in [3.05, 3.63) is 64.7 Å². The van der Waals surface area contributed by atoms with Crippen LogP contribution in [0.1, 0.15) is 45.7 Å². The highest BCUT2D eigenvalue weighted by Gasteiger charge is 2.73. The fraction of sp³-hybridized carbons (Fsp3) is 0.348. The molecule has 0 aliphatic heterocycles. The van der Waals surface area contributed by atoms with Gasteiger partial charge in [0.05, 0.1) is 22.9 Å². The largest absolute Gasteiger partial charge is 0.435 e. The van der Waals surface area contributed by atoms with Crippen molar-refractivity contribution in [2.24, 2.45) is 5.16 Å². The molecule has 0 unspecified atom stereocenters. The molecule has 2 aromatic rings. The average molecular weight is 521 g/mol. The Kier molecular flexibility index (Phi) is 8.06. The number of oxime groups is 1. The third kappa shape index (κ3) is 5.94. The standard InChI is InChI=1S/C23H22F7N3O3/c1-13-11-14(21(24,22(25,26)27)23(28,29)30)9-10-17(13)32-18(34)15-7-5-6-8-16(15)19(35)33-20(2,3)12-31-36-4/h5-12H,1-4H3,(H,32,34)(H,33,35)/b31-12+. The molecule has 0 saturated carbocycles. The van der Waals surface area contributed by atoms with Crippen LogP contribution in [0.15, 0.2) is 47.6 Å². The van der Waals surface area contributed by atoms with Crippen LogP contribution in [0.25, 0.3) is 0 Å². The number of hydrogen-bond donors (Lipinski definition) is 2. The molecule has 0 radical (unpaired) electrons. The molecule has 0 heterocycles. The van der Waals surface area contributed by atoms with Gasteiger partial charge in [0, 0.05) is 11.3 Å². The lowest BCUT2D eigenvalue weighted by Crippen LogP contribution is -2.50. The van der Waals surface area contributed by atoms with E-state index in [-0.39, 0.29) is 22.4 Å². The van der Waals surface area contributed by atoms with Gasteiger partial charge >= 0.3 is 18.0 Å². The van der Waals surface area contributed by atoms with Crippen LogP contribution < -0.4 is 10.6 Å². The Balaban J connectivity index is 2.37. The van der Waals surface area contributed by atoms with Crippen LogP contribution in [0.3, 0.4) is 0 Å². The van der Waals surface area contributed by atoms with Gasteiger partial charge in [0.1, 0.15) is 7.11 Å². The van der Waals surface area contributed by atoms with E-state index in [1.54, 1.807) is 13.8 Å². The van der Waals surface area contributed by atoms with Crippen molar-refractivity contribution in [2.45, 2.75) is 44.3 Å². The molecule has 2 amide bonds. The molecule has 2 rings (SSSR count). The summed E-state index contributed by atoms with van der Waals surface area (Å²) in [5, 5.41) is 8.53. The maximum atomic E-state index is 14.3. The number of amides is 2. The lowest BCUT2D eigenvalue weighted by atomic mass is 9.92. The van der Waals surface area contributed by atoms with E-state index in [1.165, 1.54) is 37.6 Å². The summed E-state index contributed by atoms with van der Waals surface area (Å²) in [6, 6.07) is 6.94. The van der Waals surface area contributed by atoms with Crippen molar-refractivity contribution in [3.8, 4) is 0 Å². The number of alkyl halides is 7. The van der Waals surface area contributed by atoms with E-state index in [0.717, 1.165) is 13.0 Å². The summed E-state index contributed by atoms with van der Waals surface area (Å²) >= 11 is 0. The van der Waals surface area contributed by atoms with Gasteiger partial charge in [0.25, 0.3) is 11.8 Å². The fourth-order valence-corrected chi connectivity index (χ4v) is 3.15. The molecular formula is C23H22F7N3O3. The number of nitrogens with zero attached hydrogens (tertiary/aromatic N) is 1. The zero-order chi connectivity index (χ0) is 27.5. The highest BCUT2D eigenvalue weighted by molar-refractivity contribution is 6.12. The number of halogens is 7. The number of carbonyl (C=O) groups is 2. The molecule has 0 aromatic heterocycles. The monoisotopic (exact) mass is 521 g/mol. The Hall–Kier alpha value is -3.64. The van der Waals surface area contributed by atoms with Gasteiger partial charge in [-0.1, -0.05) is 29.4 Å². The molecule has 13 heteroatoms. The molecule has 0 fully saturated rings. The van der Waals surface area contributed by atoms with Gasteiger partial charge in [0.15, 0.2) is 0 Å². The van der Waals surface area contributed by atoms with Crippen LogP contribution in [0.4, 0.5) is 36.4 Å². The quantitative estimate of drug-likeness (QED) is 0.280. The van der Waals surface area contributed by atoms with E-state index in [2.05, 4.69) is 20.6 Å². The third-order valence-electron chi connectivity index (χ3n) is 4.99. The van der Waals surface area contributed by atoms with E-state index in [0.29, 0.717) is 12.1 Å². The van der Waals surface area contributed by atoms with Crippen molar-refractivity contribution in [1.29, 1.82) is 0 Å². The van der Waals surface area contributed by atoms with E-state index >= 15 is 0 Å². The smallest absolute Gasteiger partial charge is 0.399 e. The molecule has 0 aliphatic rings. The van der Waals surface area contributed by atoms with Crippen LogP contribution in [-0.4, -0.2) is 43.0 Å². The van der Waals surface area contributed by atoms with Crippen molar-refractivity contribution in [3.63, 3.8) is 0 Å². The minimum Gasteiger partial charge on any atom is -0.399 e. The fourth-order valence-electron chi connectivity index (χ4n) is 3.15. The van der Waals surface area contributed by atoms with Crippen LogP contribution in [0, 0.1) is 6.92 Å². The van der Waals surface area contributed by atoms with Crippen molar-refractivity contribution >= 4 is 23.7 Å². The predicted molar refractivity (Wildman–Crippen MR) is 118 cm³/mol. The van der Waals surface area contributed by atoms with Crippen molar-refractivity contribution < 1.29 is 45.2 Å². The summed E-state index contributed by atoms with van der Waals surface area (Å²) in [6.45, 7) is 4.31. The number of anilines is 1. The second kappa shape index (κ2) is 10.2. The Labute approximate surface area is 201 Å². The SMILES string of the molecule is CO/N=C/C(C)(C)NC(=O)c1ccccc1C(=O)Nc1ccc(C(F)(C(F)(F)F)C(F)(F)F)cc1C.